The molecular formula is C26H29FN6O5S. The largest absolute Gasteiger partial charge is 0.496 e. The number of fused-ring (bicyclic) bond motifs is 1. The summed E-state index contributed by atoms with van der Waals surface area (Å²) in [5.41, 5.74) is 0.0238. The van der Waals surface area contributed by atoms with Crippen LogP contribution in [0.1, 0.15) is 43.0 Å². The van der Waals surface area contributed by atoms with E-state index in [1.165, 1.54) is 67.9 Å². The fraction of sp³-hybridized carbons (Fsp3) is 0.423. The van der Waals surface area contributed by atoms with Gasteiger partial charge in [0.15, 0.2) is 0 Å². The van der Waals surface area contributed by atoms with Crippen LogP contribution in [0.25, 0.3) is 15.2 Å². The minimum Gasteiger partial charge on any atom is -0.496 e. The third kappa shape index (κ3) is 4.76. The summed E-state index contributed by atoms with van der Waals surface area (Å²) in [7, 11) is 3.13. The van der Waals surface area contributed by atoms with E-state index in [-0.39, 0.29) is 25.4 Å². The van der Waals surface area contributed by atoms with Crippen LogP contribution in [0.4, 0.5) is 4.39 Å². The second-order valence-corrected chi connectivity index (χ2v) is 10.5. The molecule has 0 aliphatic carbocycles. The zero-order valence-electron chi connectivity index (χ0n) is 22.1. The highest BCUT2D eigenvalue weighted by Gasteiger charge is 2.33. The van der Waals surface area contributed by atoms with Gasteiger partial charge in [-0.15, -0.1) is 4.80 Å². The summed E-state index contributed by atoms with van der Waals surface area (Å²) < 4.78 is 28.6. The Labute approximate surface area is 227 Å². The Balaban J connectivity index is 1.75. The van der Waals surface area contributed by atoms with Gasteiger partial charge >= 0.3 is 5.69 Å². The topological polar surface area (TPSA) is 113 Å². The maximum absolute atomic E-state index is 14.4. The first kappa shape index (κ1) is 26.8. The number of likely N-dealkylation sites (tertiary alicyclic amines) is 1. The predicted octanol–water partition coefficient (Wildman–Crippen LogP) is 2.83. The number of hydrogen-bond donors (Lipinski definition) is 0. The number of amides is 1. The van der Waals surface area contributed by atoms with E-state index < -0.39 is 29.2 Å². The van der Waals surface area contributed by atoms with E-state index in [2.05, 4.69) is 10.2 Å². The number of ether oxygens (including phenoxy) is 2. The van der Waals surface area contributed by atoms with Gasteiger partial charge in [-0.3, -0.25) is 18.7 Å². The Kier molecular flexibility index (Phi) is 7.36. The molecule has 1 saturated heterocycles. The molecule has 4 aromatic rings. The molecule has 0 saturated carbocycles. The van der Waals surface area contributed by atoms with Crippen molar-refractivity contribution in [2.75, 3.05) is 27.3 Å². The van der Waals surface area contributed by atoms with Crippen LogP contribution in [-0.2, 0) is 16.1 Å². The molecule has 0 N–H and O–H groups in total. The van der Waals surface area contributed by atoms with Gasteiger partial charge in [0.2, 0.25) is 5.91 Å². The first-order valence-corrected chi connectivity index (χ1v) is 13.4. The summed E-state index contributed by atoms with van der Waals surface area (Å²) in [6.07, 6.45) is 3.03. The summed E-state index contributed by atoms with van der Waals surface area (Å²) in [4.78, 5) is 43.6. The minimum absolute atomic E-state index is 0.0160. The van der Waals surface area contributed by atoms with Crippen LogP contribution in [0.5, 0.6) is 5.75 Å². The van der Waals surface area contributed by atoms with Gasteiger partial charge in [-0.05, 0) is 31.5 Å². The Bertz CT molecular complexity index is 1640. The number of thiophene rings is 1. The lowest BCUT2D eigenvalue weighted by Gasteiger charge is -2.23. The van der Waals surface area contributed by atoms with Crippen molar-refractivity contribution < 1.29 is 18.7 Å². The van der Waals surface area contributed by atoms with Crippen molar-refractivity contribution in [3.63, 3.8) is 0 Å². The first-order chi connectivity index (χ1) is 18.7. The fourth-order valence-electron chi connectivity index (χ4n) is 4.98. The molecule has 39 heavy (non-hydrogen) atoms. The number of halogens is 1. The molecule has 1 aromatic carbocycles. The minimum atomic E-state index is -0.760. The van der Waals surface area contributed by atoms with Crippen molar-refractivity contribution in [2.24, 2.45) is 0 Å². The van der Waals surface area contributed by atoms with Crippen LogP contribution >= 0.6 is 11.3 Å². The third-order valence-corrected chi connectivity index (χ3v) is 8.19. The molecule has 1 fully saturated rings. The summed E-state index contributed by atoms with van der Waals surface area (Å²) >= 11 is 1.21. The van der Waals surface area contributed by atoms with E-state index in [1.54, 1.807) is 14.0 Å². The zero-order chi connectivity index (χ0) is 27.8. The average Bonchev–Trinajstić information content (AvgIpc) is 3.63. The third-order valence-electron chi connectivity index (χ3n) is 6.91. The Morgan fingerprint density at radius 1 is 1.21 bits per heavy atom. The number of benzene rings is 1. The number of nitrogens with zero attached hydrogens (tertiary/aromatic N) is 6. The number of hydrogen-bond acceptors (Lipinski definition) is 8. The molecule has 11 nitrogen and oxygen atoms in total. The molecular weight excluding hydrogens is 527 g/mol. The molecule has 0 unspecified atom stereocenters. The first-order valence-electron chi connectivity index (χ1n) is 12.6. The summed E-state index contributed by atoms with van der Waals surface area (Å²) in [6, 6.07) is 3.52. The SMILES string of the molecule is CCCO[C@@H](Cn1c(=O)n([C@@H]2CC(=O)N(C)C2)c(=O)c2c(C)c(-n3nccn3)sc21)c1cc(F)ccc1OC. The number of aromatic nitrogens is 5. The summed E-state index contributed by atoms with van der Waals surface area (Å²) in [5, 5.41) is 9.35. The maximum atomic E-state index is 14.4. The molecule has 3 aromatic heterocycles. The van der Waals surface area contributed by atoms with Crippen LogP contribution in [0.3, 0.4) is 0 Å². The van der Waals surface area contributed by atoms with Gasteiger partial charge in [0.05, 0.1) is 37.5 Å². The molecule has 0 bridgehead atoms. The van der Waals surface area contributed by atoms with Gasteiger partial charge in [-0.25, -0.2) is 9.18 Å². The molecule has 1 aliphatic rings. The molecule has 4 heterocycles. The summed E-state index contributed by atoms with van der Waals surface area (Å²) in [6.45, 7) is 4.31. The van der Waals surface area contributed by atoms with Crippen molar-refractivity contribution in [1.82, 2.24) is 29.0 Å². The molecule has 0 spiro atoms. The normalized spacial score (nSPS) is 16.4. The molecule has 0 radical (unpaired) electrons. The van der Waals surface area contributed by atoms with Crippen molar-refractivity contribution in [3.05, 3.63) is 68.4 Å². The van der Waals surface area contributed by atoms with Crippen molar-refractivity contribution in [3.8, 4) is 10.8 Å². The number of methoxy groups -OCH3 is 1. The van der Waals surface area contributed by atoms with Gasteiger partial charge in [0.1, 0.15) is 27.5 Å². The molecule has 13 heteroatoms. The second-order valence-electron chi connectivity index (χ2n) is 9.48. The second kappa shape index (κ2) is 10.7. The number of carbonyl (C=O) groups excluding carboxylic acids is 1. The van der Waals surface area contributed by atoms with Crippen LogP contribution in [0.2, 0.25) is 0 Å². The van der Waals surface area contributed by atoms with Crippen LogP contribution in [-0.4, -0.2) is 62.2 Å². The Morgan fingerprint density at radius 2 is 1.95 bits per heavy atom. The van der Waals surface area contributed by atoms with Gasteiger partial charge in [-0.1, -0.05) is 18.3 Å². The molecule has 2 atom stereocenters. The van der Waals surface area contributed by atoms with E-state index in [4.69, 9.17) is 9.47 Å². The lowest BCUT2D eigenvalue weighted by Crippen LogP contribution is -2.43. The highest BCUT2D eigenvalue weighted by Crippen LogP contribution is 2.34. The quantitative estimate of drug-likeness (QED) is 0.312. The van der Waals surface area contributed by atoms with E-state index in [0.717, 1.165) is 0 Å². The van der Waals surface area contributed by atoms with Gasteiger partial charge < -0.3 is 14.4 Å². The number of rotatable bonds is 9. The van der Waals surface area contributed by atoms with E-state index in [9.17, 15) is 18.8 Å². The summed E-state index contributed by atoms with van der Waals surface area (Å²) in [5.74, 6) is -0.193. The van der Waals surface area contributed by atoms with Gasteiger partial charge in [0.25, 0.3) is 5.56 Å². The van der Waals surface area contributed by atoms with Crippen molar-refractivity contribution >= 4 is 27.5 Å². The smallest absolute Gasteiger partial charge is 0.332 e. The van der Waals surface area contributed by atoms with Gasteiger partial charge in [-0.2, -0.15) is 10.2 Å². The molecule has 1 amide bonds. The predicted molar refractivity (Wildman–Crippen MR) is 143 cm³/mol. The van der Waals surface area contributed by atoms with E-state index in [0.29, 0.717) is 45.1 Å². The fourth-order valence-corrected chi connectivity index (χ4v) is 6.20. The molecule has 206 valence electrons. The van der Waals surface area contributed by atoms with E-state index >= 15 is 0 Å². The number of carbonyl (C=O) groups is 1. The Morgan fingerprint density at radius 3 is 2.59 bits per heavy atom. The average molecular weight is 557 g/mol. The van der Waals surface area contributed by atoms with Crippen LogP contribution in [0.15, 0.2) is 40.2 Å². The lowest BCUT2D eigenvalue weighted by molar-refractivity contribution is -0.126. The number of likely N-dealkylation sites (N-methyl/N-ethyl adjacent to an activating group) is 1. The maximum Gasteiger partial charge on any atom is 0.332 e. The number of aryl methyl sites for hydroxylation is 1. The van der Waals surface area contributed by atoms with E-state index in [1.807, 2.05) is 6.92 Å². The molecule has 5 rings (SSSR count). The Hall–Kier alpha value is -3.84. The lowest BCUT2D eigenvalue weighted by atomic mass is 10.1. The monoisotopic (exact) mass is 556 g/mol. The molecule has 1 aliphatic heterocycles. The van der Waals surface area contributed by atoms with Crippen molar-refractivity contribution in [2.45, 2.75) is 45.4 Å². The standard InChI is InChI=1S/C26H29FN6O5S/c1-5-10-38-20(18-11-16(27)6-7-19(18)37-4)14-31-25-22(15(2)24(39-25)33-28-8-9-29-33)23(35)32(26(31)36)17-12-21(34)30(3)13-17/h6-9,11,17,20H,5,10,12-14H2,1-4H3/t17-,20+/m1/s1. The zero-order valence-corrected chi connectivity index (χ0v) is 22.9. The highest BCUT2D eigenvalue weighted by molar-refractivity contribution is 7.21. The highest BCUT2D eigenvalue weighted by atomic mass is 32.1. The van der Waals surface area contributed by atoms with Crippen molar-refractivity contribution in [1.29, 1.82) is 0 Å². The van der Waals surface area contributed by atoms with Gasteiger partial charge in [0, 0.05) is 37.7 Å². The van der Waals surface area contributed by atoms with Crippen LogP contribution < -0.4 is 16.0 Å². The van der Waals surface area contributed by atoms with Crippen LogP contribution in [0, 0.1) is 12.7 Å².